The Labute approximate surface area is 111 Å². The van der Waals surface area contributed by atoms with E-state index in [9.17, 15) is 9.90 Å². The van der Waals surface area contributed by atoms with Gasteiger partial charge in [0.05, 0.1) is 0 Å². The van der Waals surface area contributed by atoms with Crippen molar-refractivity contribution in [3.63, 3.8) is 0 Å². The van der Waals surface area contributed by atoms with Crippen LogP contribution in [0.15, 0.2) is 0 Å². The first-order chi connectivity index (χ1) is 8.56. The Balaban J connectivity index is 2.42. The molecule has 0 radical (unpaired) electrons. The zero-order valence-corrected chi connectivity index (χ0v) is 11.8. The van der Waals surface area contributed by atoms with Crippen LogP contribution in [0.4, 0.5) is 0 Å². The standard InChI is InChI=1S/C14H28N2O2/c1-11(2)6-13(8-15)7-14(18)16-5-3-4-12(9-16)10-17/h11-13,17H,3-10,15H2,1-2H3/t12?,13-/m0/s1. The van der Waals surface area contributed by atoms with E-state index in [1.54, 1.807) is 0 Å². The van der Waals surface area contributed by atoms with Gasteiger partial charge in [-0.05, 0) is 43.6 Å². The van der Waals surface area contributed by atoms with Gasteiger partial charge in [-0.25, -0.2) is 0 Å². The summed E-state index contributed by atoms with van der Waals surface area (Å²) >= 11 is 0. The van der Waals surface area contributed by atoms with Crippen molar-refractivity contribution in [3.8, 4) is 0 Å². The number of carbonyl (C=O) groups excluding carboxylic acids is 1. The molecule has 0 aromatic heterocycles. The molecule has 4 heteroatoms. The molecule has 3 N–H and O–H groups in total. The highest BCUT2D eigenvalue weighted by Crippen LogP contribution is 2.20. The minimum absolute atomic E-state index is 0.191. The maximum atomic E-state index is 12.2. The minimum Gasteiger partial charge on any atom is -0.396 e. The fourth-order valence-electron chi connectivity index (χ4n) is 2.75. The molecule has 18 heavy (non-hydrogen) atoms. The van der Waals surface area contributed by atoms with Crippen LogP contribution in [0, 0.1) is 17.8 Å². The number of aliphatic hydroxyl groups is 1. The Morgan fingerprint density at radius 1 is 1.50 bits per heavy atom. The molecule has 1 rings (SSSR count). The molecule has 0 saturated carbocycles. The zero-order valence-electron chi connectivity index (χ0n) is 11.8. The number of piperidine rings is 1. The van der Waals surface area contributed by atoms with Gasteiger partial charge >= 0.3 is 0 Å². The molecule has 2 atom stereocenters. The number of nitrogens with two attached hydrogens (primary N) is 1. The van der Waals surface area contributed by atoms with E-state index in [1.807, 2.05) is 4.90 Å². The molecule has 0 spiro atoms. The number of carbonyl (C=O) groups is 1. The van der Waals surface area contributed by atoms with Crippen LogP contribution >= 0.6 is 0 Å². The SMILES string of the molecule is CC(C)C[C@H](CN)CC(=O)N1CCCC(CO)C1. The van der Waals surface area contributed by atoms with E-state index in [4.69, 9.17) is 5.73 Å². The van der Waals surface area contributed by atoms with Gasteiger partial charge in [0.25, 0.3) is 0 Å². The third-order valence-electron chi connectivity index (χ3n) is 3.73. The summed E-state index contributed by atoms with van der Waals surface area (Å²) in [5.41, 5.74) is 5.74. The smallest absolute Gasteiger partial charge is 0.222 e. The fraction of sp³-hybridized carbons (Fsp3) is 0.929. The third kappa shape index (κ3) is 4.94. The molecule has 1 unspecified atom stereocenters. The molecule has 1 aliphatic rings. The van der Waals surface area contributed by atoms with Crippen LogP contribution in [0.5, 0.6) is 0 Å². The van der Waals surface area contributed by atoms with Gasteiger partial charge < -0.3 is 15.7 Å². The Morgan fingerprint density at radius 3 is 2.78 bits per heavy atom. The number of likely N-dealkylation sites (tertiary alicyclic amines) is 1. The fourth-order valence-corrected chi connectivity index (χ4v) is 2.75. The van der Waals surface area contributed by atoms with E-state index in [-0.39, 0.29) is 18.4 Å². The Kier molecular flexibility index (Phi) is 6.65. The van der Waals surface area contributed by atoms with E-state index < -0.39 is 0 Å². The number of aliphatic hydroxyl groups excluding tert-OH is 1. The number of hydrogen-bond acceptors (Lipinski definition) is 3. The number of rotatable bonds is 6. The van der Waals surface area contributed by atoms with Crippen molar-refractivity contribution in [2.75, 3.05) is 26.2 Å². The summed E-state index contributed by atoms with van der Waals surface area (Å²) in [5.74, 6) is 1.36. The highest BCUT2D eigenvalue weighted by atomic mass is 16.3. The molecule has 1 amide bonds. The zero-order chi connectivity index (χ0) is 13.5. The van der Waals surface area contributed by atoms with Crippen LogP contribution in [-0.2, 0) is 4.79 Å². The molecule has 0 aromatic rings. The van der Waals surface area contributed by atoms with Crippen LogP contribution in [0.1, 0.15) is 39.5 Å². The highest BCUT2D eigenvalue weighted by molar-refractivity contribution is 5.76. The van der Waals surface area contributed by atoms with Crippen molar-refractivity contribution in [2.45, 2.75) is 39.5 Å². The maximum absolute atomic E-state index is 12.2. The van der Waals surface area contributed by atoms with Gasteiger partial charge in [0, 0.05) is 26.1 Å². The molecule has 0 bridgehead atoms. The van der Waals surface area contributed by atoms with Crippen LogP contribution in [0.2, 0.25) is 0 Å². The van der Waals surface area contributed by atoms with Crippen molar-refractivity contribution in [1.82, 2.24) is 4.90 Å². The van der Waals surface area contributed by atoms with Crippen LogP contribution in [0.3, 0.4) is 0 Å². The first-order valence-corrected chi connectivity index (χ1v) is 7.15. The van der Waals surface area contributed by atoms with E-state index in [1.165, 1.54) is 0 Å². The Morgan fingerprint density at radius 2 is 2.22 bits per heavy atom. The summed E-state index contributed by atoms with van der Waals surface area (Å²) in [6, 6.07) is 0. The van der Waals surface area contributed by atoms with Gasteiger partial charge in [0.1, 0.15) is 0 Å². The largest absolute Gasteiger partial charge is 0.396 e. The van der Waals surface area contributed by atoms with Crippen LogP contribution < -0.4 is 5.73 Å². The number of hydrogen-bond donors (Lipinski definition) is 2. The Bertz CT molecular complexity index is 256. The van der Waals surface area contributed by atoms with E-state index in [0.29, 0.717) is 31.3 Å². The van der Waals surface area contributed by atoms with Crippen LogP contribution in [-0.4, -0.2) is 42.2 Å². The lowest BCUT2D eigenvalue weighted by molar-refractivity contribution is -0.134. The molecule has 1 heterocycles. The van der Waals surface area contributed by atoms with E-state index in [2.05, 4.69) is 13.8 Å². The summed E-state index contributed by atoms with van der Waals surface area (Å²) < 4.78 is 0. The second kappa shape index (κ2) is 7.74. The van der Waals surface area contributed by atoms with Crippen LogP contribution in [0.25, 0.3) is 0 Å². The quantitative estimate of drug-likeness (QED) is 0.751. The summed E-state index contributed by atoms with van der Waals surface area (Å²) in [4.78, 5) is 14.1. The highest BCUT2D eigenvalue weighted by Gasteiger charge is 2.24. The predicted octanol–water partition coefficient (Wildman–Crippen LogP) is 1.23. The van der Waals surface area contributed by atoms with Gasteiger partial charge in [-0.2, -0.15) is 0 Å². The monoisotopic (exact) mass is 256 g/mol. The predicted molar refractivity (Wildman–Crippen MR) is 73.0 cm³/mol. The molecule has 106 valence electrons. The average Bonchev–Trinajstić information content (AvgIpc) is 2.37. The number of nitrogens with zero attached hydrogens (tertiary/aromatic N) is 1. The van der Waals surface area contributed by atoms with Crippen molar-refractivity contribution < 1.29 is 9.90 Å². The molecule has 1 aliphatic heterocycles. The first-order valence-electron chi connectivity index (χ1n) is 7.15. The van der Waals surface area contributed by atoms with E-state index >= 15 is 0 Å². The summed E-state index contributed by atoms with van der Waals surface area (Å²) in [6.07, 6.45) is 3.62. The van der Waals surface area contributed by atoms with E-state index in [0.717, 1.165) is 25.8 Å². The van der Waals surface area contributed by atoms with Crippen molar-refractivity contribution >= 4 is 5.91 Å². The lowest BCUT2D eigenvalue weighted by atomic mass is 9.92. The maximum Gasteiger partial charge on any atom is 0.222 e. The van der Waals surface area contributed by atoms with Gasteiger partial charge in [-0.1, -0.05) is 13.8 Å². The second-order valence-corrected chi connectivity index (χ2v) is 5.97. The van der Waals surface area contributed by atoms with Gasteiger partial charge in [-0.15, -0.1) is 0 Å². The topological polar surface area (TPSA) is 66.6 Å². The molecule has 1 saturated heterocycles. The molecule has 0 aromatic carbocycles. The van der Waals surface area contributed by atoms with Gasteiger partial charge in [-0.3, -0.25) is 4.79 Å². The first kappa shape index (κ1) is 15.4. The van der Waals surface area contributed by atoms with Gasteiger partial charge in [0.2, 0.25) is 5.91 Å². The minimum atomic E-state index is 0.191. The summed E-state index contributed by atoms with van der Waals surface area (Å²) in [5, 5.41) is 9.18. The lowest BCUT2D eigenvalue weighted by Crippen LogP contribution is -2.42. The second-order valence-electron chi connectivity index (χ2n) is 5.97. The Hall–Kier alpha value is -0.610. The van der Waals surface area contributed by atoms with Crippen molar-refractivity contribution in [3.05, 3.63) is 0 Å². The molecule has 0 aliphatic carbocycles. The van der Waals surface area contributed by atoms with Gasteiger partial charge in [0.15, 0.2) is 0 Å². The van der Waals surface area contributed by atoms with Crippen molar-refractivity contribution in [1.29, 1.82) is 0 Å². The molecular formula is C14H28N2O2. The average molecular weight is 256 g/mol. The summed E-state index contributed by atoms with van der Waals surface area (Å²) in [6.45, 7) is 6.66. The molecule has 1 fully saturated rings. The number of amides is 1. The molecule has 4 nitrogen and oxygen atoms in total. The normalized spacial score (nSPS) is 22.3. The van der Waals surface area contributed by atoms with Crippen molar-refractivity contribution in [2.24, 2.45) is 23.5 Å². The third-order valence-corrected chi connectivity index (χ3v) is 3.73. The summed E-state index contributed by atoms with van der Waals surface area (Å²) in [7, 11) is 0. The molecular weight excluding hydrogens is 228 g/mol. The lowest BCUT2D eigenvalue weighted by Gasteiger charge is -2.33.